The van der Waals surface area contributed by atoms with Crippen molar-refractivity contribution in [2.75, 3.05) is 13.1 Å². The fourth-order valence-electron chi connectivity index (χ4n) is 7.04. The van der Waals surface area contributed by atoms with Crippen molar-refractivity contribution in [2.24, 2.45) is 17.3 Å². The minimum Gasteiger partial charge on any atom is -0.342 e. The smallest absolute Gasteiger partial charge is 0.269 e. The normalized spacial score (nSPS) is 37.9. The first kappa shape index (κ1) is 16.3. The van der Waals surface area contributed by atoms with E-state index in [1.54, 1.807) is 12.1 Å². The van der Waals surface area contributed by atoms with Crippen molar-refractivity contribution in [3.63, 3.8) is 0 Å². The molecule has 1 saturated heterocycles. The van der Waals surface area contributed by atoms with Crippen LogP contribution in [-0.2, 0) is 10.2 Å². The first-order valence-corrected chi connectivity index (χ1v) is 10.0. The molecule has 0 unspecified atom stereocenters. The van der Waals surface area contributed by atoms with E-state index in [1.165, 1.54) is 12.0 Å². The molecule has 0 spiro atoms. The highest BCUT2D eigenvalue weighted by atomic mass is 16.6. The topological polar surface area (TPSA) is 63.5 Å². The SMILES string of the molecule is O=C(N1CCCC1)C12C[C@H]3C[C@H](C1)CC(c1ccc([N+](=O)[O-])cc1)(C3)C2. The van der Waals surface area contributed by atoms with Crippen LogP contribution in [0.5, 0.6) is 0 Å². The number of hydrogen-bond acceptors (Lipinski definition) is 3. The molecule has 26 heavy (non-hydrogen) atoms. The molecule has 4 bridgehead atoms. The zero-order valence-corrected chi connectivity index (χ0v) is 15.2. The fraction of sp³-hybridized carbons (Fsp3) is 0.667. The molecule has 0 N–H and O–H groups in total. The summed E-state index contributed by atoms with van der Waals surface area (Å²) in [5.41, 5.74) is 1.25. The van der Waals surface area contributed by atoms with Gasteiger partial charge in [0.05, 0.1) is 10.3 Å². The Labute approximate surface area is 153 Å². The minimum atomic E-state index is -0.331. The van der Waals surface area contributed by atoms with Gasteiger partial charge in [-0.3, -0.25) is 14.9 Å². The van der Waals surface area contributed by atoms with Crippen LogP contribution in [0.3, 0.4) is 0 Å². The van der Waals surface area contributed by atoms with E-state index in [1.807, 2.05) is 12.1 Å². The number of nitrogens with zero attached hydrogens (tertiary/aromatic N) is 2. The highest BCUT2D eigenvalue weighted by molar-refractivity contribution is 5.84. The molecule has 5 aliphatic rings. The van der Waals surface area contributed by atoms with Crippen LogP contribution >= 0.6 is 0 Å². The Morgan fingerprint density at radius 3 is 2.23 bits per heavy atom. The average molecular weight is 354 g/mol. The molecule has 1 aromatic carbocycles. The van der Waals surface area contributed by atoms with Gasteiger partial charge in [-0.15, -0.1) is 0 Å². The molecule has 5 nitrogen and oxygen atoms in total. The molecule has 138 valence electrons. The molecule has 1 amide bonds. The minimum absolute atomic E-state index is 0.0502. The van der Waals surface area contributed by atoms with Crippen LogP contribution in [0, 0.1) is 27.4 Å². The summed E-state index contributed by atoms with van der Waals surface area (Å²) in [6.07, 6.45) is 8.92. The maximum Gasteiger partial charge on any atom is 0.269 e. The lowest BCUT2D eigenvalue weighted by atomic mass is 9.42. The molecule has 1 aromatic rings. The highest BCUT2D eigenvalue weighted by Gasteiger charge is 2.61. The molecule has 4 saturated carbocycles. The molecule has 0 radical (unpaired) electrons. The molecular weight excluding hydrogens is 328 g/mol. The van der Waals surface area contributed by atoms with Crippen molar-refractivity contribution in [2.45, 2.75) is 56.8 Å². The number of non-ortho nitro benzene ring substituents is 1. The molecule has 0 aromatic heterocycles. The summed E-state index contributed by atoms with van der Waals surface area (Å²) in [6, 6.07) is 7.20. The number of amides is 1. The van der Waals surface area contributed by atoms with Gasteiger partial charge in [-0.2, -0.15) is 0 Å². The zero-order valence-electron chi connectivity index (χ0n) is 15.2. The van der Waals surface area contributed by atoms with Crippen LogP contribution in [0.25, 0.3) is 0 Å². The van der Waals surface area contributed by atoms with E-state index in [4.69, 9.17) is 0 Å². The van der Waals surface area contributed by atoms with Gasteiger partial charge in [-0.1, -0.05) is 12.1 Å². The Morgan fingerprint density at radius 2 is 1.65 bits per heavy atom. The third-order valence-electron chi connectivity index (χ3n) is 7.60. The number of likely N-dealkylation sites (tertiary alicyclic amines) is 1. The summed E-state index contributed by atoms with van der Waals surface area (Å²) in [4.78, 5) is 26.2. The molecule has 1 aliphatic heterocycles. The third-order valence-corrected chi connectivity index (χ3v) is 7.60. The molecule has 4 aliphatic carbocycles. The number of hydrogen-bond donors (Lipinski definition) is 0. The van der Waals surface area contributed by atoms with Crippen LogP contribution in [0.4, 0.5) is 5.69 Å². The van der Waals surface area contributed by atoms with E-state index in [0.717, 1.165) is 58.0 Å². The van der Waals surface area contributed by atoms with E-state index in [2.05, 4.69) is 4.90 Å². The number of nitro benzene ring substituents is 1. The van der Waals surface area contributed by atoms with E-state index in [9.17, 15) is 14.9 Å². The number of benzene rings is 1. The second-order valence-electron chi connectivity index (χ2n) is 9.32. The first-order chi connectivity index (χ1) is 12.5. The van der Waals surface area contributed by atoms with Gasteiger partial charge in [0.1, 0.15) is 0 Å². The predicted molar refractivity (Wildman–Crippen MR) is 97.7 cm³/mol. The molecule has 2 atom stereocenters. The van der Waals surface area contributed by atoms with Crippen molar-refractivity contribution < 1.29 is 9.72 Å². The van der Waals surface area contributed by atoms with Crippen molar-refractivity contribution in [1.82, 2.24) is 4.90 Å². The van der Waals surface area contributed by atoms with Gasteiger partial charge in [-0.25, -0.2) is 0 Å². The van der Waals surface area contributed by atoms with Gasteiger partial charge >= 0.3 is 0 Å². The van der Waals surface area contributed by atoms with Gasteiger partial charge in [0, 0.05) is 25.2 Å². The molecule has 5 heteroatoms. The van der Waals surface area contributed by atoms with Crippen LogP contribution in [0.15, 0.2) is 24.3 Å². The summed E-state index contributed by atoms with van der Waals surface area (Å²) < 4.78 is 0. The number of carbonyl (C=O) groups excluding carboxylic acids is 1. The van der Waals surface area contributed by atoms with Gasteiger partial charge in [-0.05, 0) is 74.2 Å². The van der Waals surface area contributed by atoms with E-state index in [0.29, 0.717) is 17.7 Å². The second-order valence-corrected chi connectivity index (χ2v) is 9.32. The van der Waals surface area contributed by atoms with Crippen LogP contribution in [0.1, 0.15) is 56.9 Å². The zero-order chi connectivity index (χ0) is 17.9. The van der Waals surface area contributed by atoms with Crippen molar-refractivity contribution in [1.29, 1.82) is 0 Å². The summed E-state index contributed by atoms with van der Waals surface area (Å²) >= 11 is 0. The van der Waals surface area contributed by atoms with E-state index in [-0.39, 0.29) is 21.4 Å². The van der Waals surface area contributed by atoms with Crippen molar-refractivity contribution in [3.8, 4) is 0 Å². The number of carbonyl (C=O) groups is 1. The van der Waals surface area contributed by atoms with Gasteiger partial charge in [0.15, 0.2) is 0 Å². The summed E-state index contributed by atoms with van der Waals surface area (Å²) in [6.45, 7) is 1.86. The highest BCUT2D eigenvalue weighted by Crippen LogP contribution is 2.66. The Kier molecular flexibility index (Phi) is 3.47. The summed E-state index contributed by atoms with van der Waals surface area (Å²) in [5, 5.41) is 11.0. The third kappa shape index (κ3) is 2.32. The summed E-state index contributed by atoms with van der Waals surface area (Å²) in [7, 11) is 0. The lowest BCUT2D eigenvalue weighted by molar-refractivity contribution is -0.384. The first-order valence-electron chi connectivity index (χ1n) is 10.0. The van der Waals surface area contributed by atoms with Gasteiger partial charge in [0.2, 0.25) is 5.91 Å². The van der Waals surface area contributed by atoms with Crippen molar-refractivity contribution >= 4 is 11.6 Å². The largest absolute Gasteiger partial charge is 0.342 e. The van der Waals surface area contributed by atoms with Gasteiger partial charge < -0.3 is 4.90 Å². The Balaban J connectivity index is 1.50. The monoisotopic (exact) mass is 354 g/mol. The molecule has 1 heterocycles. The van der Waals surface area contributed by atoms with Gasteiger partial charge in [0.25, 0.3) is 5.69 Å². The lowest BCUT2D eigenvalue weighted by Crippen LogP contribution is -2.59. The summed E-state index contributed by atoms with van der Waals surface area (Å²) in [5.74, 6) is 1.69. The maximum atomic E-state index is 13.5. The Morgan fingerprint density at radius 1 is 1.04 bits per heavy atom. The second kappa shape index (κ2) is 5.54. The number of nitro groups is 1. The lowest BCUT2D eigenvalue weighted by Gasteiger charge is -2.62. The Hall–Kier alpha value is -1.91. The fourth-order valence-corrected chi connectivity index (χ4v) is 7.04. The molecule has 5 fully saturated rings. The van der Waals surface area contributed by atoms with Crippen molar-refractivity contribution in [3.05, 3.63) is 39.9 Å². The average Bonchev–Trinajstić information content (AvgIpc) is 3.14. The number of rotatable bonds is 3. The molecule has 6 rings (SSSR count). The van der Waals surface area contributed by atoms with Crippen LogP contribution in [-0.4, -0.2) is 28.8 Å². The quantitative estimate of drug-likeness (QED) is 0.607. The van der Waals surface area contributed by atoms with E-state index >= 15 is 0 Å². The molecular formula is C21H26N2O3. The van der Waals surface area contributed by atoms with E-state index < -0.39 is 0 Å². The van der Waals surface area contributed by atoms with Crippen LogP contribution in [0.2, 0.25) is 0 Å². The predicted octanol–water partition coefficient (Wildman–Crippen LogP) is 4.06. The van der Waals surface area contributed by atoms with Crippen LogP contribution < -0.4 is 0 Å². The maximum absolute atomic E-state index is 13.5. The Bertz CT molecular complexity index is 737. The standard InChI is InChI=1S/C21H26N2O3/c24-19(22-7-1-2-8-22)21-12-15-9-16(13-21)11-20(10-15,14-21)17-3-5-18(6-4-17)23(25)26/h3-6,15-16H,1-2,7-14H2/t15-,16-,20?,21?/m0/s1.